The fourth-order valence-electron chi connectivity index (χ4n) is 1.02. The van der Waals surface area contributed by atoms with Crippen LogP contribution in [-0.2, 0) is 4.79 Å². The molecule has 0 aliphatic carbocycles. The molecule has 0 aliphatic rings. The molecule has 0 radical (unpaired) electrons. The molecule has 0 atom stereocenters. The molecule has 0 aliphatic heterocycles. The van der Waals surface area contributed by atoms with Crippen LogP contribution in [-0.4, -0.2) is 12.4 Å². The van der Waals surface area contributed by atoms with Crippen molar-refractivity contribution in [3.63, 3.8) is 0 Å². The van der Waals surface area contributed by atoms with Crippen LogP contribution in [0.4, 0.5) is 23.2 Å². The van der Waals surface area contributed by atoms with Gasteiger partial charge in [-0.25, -0.2) is 9.18 Å². The Bertz CT molecular complexity index is 450. The Morgan fingerprint density at radius 1 is 1.38 bits per heavy atom. The highest BCUT2D eigenvalue weighted by molar-refractivity contribution is 5.55. The first kappa shape index (κ1) is 12.2. The molecule has 16 heavy (non-hydrogen) atoms. The van der Waals surface area contributed by atoms with Gasteiger partial charge in [0.2, 0.25) is 6.08 Å². The summed E-state index contributed by atoms with van der Waals surface area (Å²) < 4.78 is 52.0. The van der Waals surface area contributed by atoms with Crippen LogP contribution in [0.1, 0.15) is 5.56 Å². The van der Waals surface area contributed by atoms with Crippen molar-refractivity contribution in [2.75, 3.05) is 0 Å². The minimum absolute atomic E-state index is 0.0953. The minimum Gasteiger partial charge on any atom is -0.403 e. The summed E-state index contributed by atoms with van der Waals surface area (Å²) in [4.78, 5) is 13.0. The Labute approximate surface area is 87.4 Å². The third-order valence-electron chi connectivity index (χ3n) is 1.64. The predicted molar refractivity (Wildman–Crippen MR) is 45.6 cm³/mol. The number of halogens is 4. The van der Waals surface area contributed by atoms with Gasteiger partial charge < -0.3 is 4.74 Å². The molecule has 0 spiro atoms. The molecule has 0 unspecified atom stereocenters. The zero-order valence-electron chi connectivity index (χ0n) is 7.93. The maximum Gasteiger partial charge on any atom is 0.573 e. The van der Waals surface area contributed by atoms with Crippen LogP contribution in [0.5, 0.6) is 5.75 Å². The number of hydrogen-bond acceptors (Lipinski definition) is 3. The number of benzene rings is 1. The second-order valence-electron chi connectivity index (χ2n) is 2.82. The smallest absolute Gasteiger partial charge is 0.403 e. The monoisotopic (exact) mass is 235 g/mol. The number of rotatable bonds is 2. The molecular formula is C9H5F4NO2. The maximum absolute atomic E-state index is 13.1. The zero-order valence-corrected chi connectivity index (χ0v) is 7.93. The van der Waals surface area contributed by atoms with Crippen LogP contribution in [0, 0.1) is 12.7 Å². The van der Waals surface area contributed by atoms with Gasteiger partial charge in [0.15, 0.2) is 11.6 Å². The topological polar surface area (TPSA) is 38.7 Å². The van der Waals surface area contributed by atoms with Gasteiger partial charge in [-0.3, -0.25) is 0 Å². The Kier molecular flexibility index (Phi) is 3.29. The van der Waals surface area contributed by atoms with Crippen LogP contribution in [0.2, 0.25) is 0 Å². The number of ether oxygens (including phenoxy) is 1. The van der Waals surface area contributed by atoms with Gasteiger partial charge in [-0.1, -0.05) is 0 Å². The summed E-state index contributed by atoms with van der Waals surface area (Å²) in [7, 11) is 0. The van der Waals surface area contributed by atoms with E-state index in [1.807, 2.05) is 0 Å². The summed E-state index contributed by atoms with van der Waals surface area (Å²) in [6.45, 7) is 1.36. The Balaban J connectivity index is 3.15. The van der Waals surface area contributed by atoms with Crippen LogP contribution in [0.3, 0.4) is 0 Å². The van der Waals surface area contributed by atoms with Gasteiger partial charge in [0, 0.05) is 6.07 Å². The molecule has 0 saturated heterocycles. The van der Waals surface area contributed by atoms with Crippen molar-refractivity contribution in [1.29, 1.82) is 0 Å². The quantitative estimate of drug-likeness (QED) is 0.449. The Morgan fingerprint density at radius 3 is 2.50 bits per heavy atom. The molecule has 0 fully saturated rings. The van der Waals surface area contributed by atoms with E-state index in [0.717, 1.165) is 6.07 Å². The lowest BCUT2D eigenvalue weighted by Gasteiger charge is -2.10. The maximum atomic E-state index is 13.1. The first-order valence-electron chi connectivity index (χ1n) is 3.97. The van der Waals surface area contributed by atoms with E-state index in [1.165, 1.54) is 13.0 Å². The van der Waals surface area contributed by atoms with E-state index in [0.29, 0.717) is 6.07 Å². The number of nitrogens with zero attached hydrogens (tertiary/aromatic N) is 1. The molecule has 0 bridgehead atoms. The van der Waals surface area contributed by atoms with Crippen molar-refractivity contribution in [1.82, 2.24) is 0 Å². The highest BCUT2D eigenvalue weighted by Crippen LogP contribution is 2.30. The third kappa shape index (κ3) is 3.06. The van der Waals surface area contributed by atoms with Gasteiger partial charge in [0.1, 0.15) is 0 Å². The Hall–Kier alpha value is -1.88. The SMILES string of the molecule is Cc1cc(OC(F)(F)F)c(F)cc1N=C=O. The van der Waals surface area contributed by atoms with E-state index in [9.17, 15) is 22.4 Å². The highest BCUT2D eigenvalue weighted by Gasteiger charge is 2.32. The minimum atomic E-state index is -4.97. The highest BCUT2D eigenvalue weighted by atomic mass is 19.4. The molecule has 0 N–H and O–H groups in total. The van der Waals surface area contributed by atoms with E-state index in [4.69, 9.17) is 0 Å². The molecule has 1 aromatic rings. The molecule has 86 valence electrons. The fourth-order valence-corrected chi connectivity index (χ4v) is 1.02. The van der Waals surface area contributed by atoms with E-state index in [2.05, 4.69) is 9.73 Å². The van der Waals surface area contributed by atoms with Crippen molar-refractivity contribution in [2.24, 2.45) is 4.99 Å². The van der Waals surface area contributed by atoms with Crippen molar-refractivity contribution >= 4 is 11.8 Å². The molecule has 1 rings (SSSR count). The van der Waals surface area contributed by atoms with Gasteiger partial charge >= 0.3 is 6.36 Å². The number of carbonyl (C=O) groups excluding carboxylic acids is 1. The normalized spacial score (nSPS) is 10.8. The standard InChI is InChI=1S/C9H5F4NO2/c1-5-2-8(16-9(11,12)13)6(10)3-7(5)14-4-15/h2-3H,1H3. The van der Waals surface area contributed by atoms with Crippen molar-refractivity contribution in [3.8, 4) is 5.75 Å². The summed E-state index contributed by atoms with van der Waals surface area (Å²) in [5, 5.41) is 0. The number of isocyanates is 1. The third-order valence-corrected chi connectivity index (χ3v) is 1.64. The van der Waals surface area contributed by atoms with Crippen molar-refractivity contribution < 1.29 is 27.1 Å². The van der Waals surface area contributed by atoms with E-state index < -0.39 is 17.9 Å². The van der Waals surface area contributed by atoms with Gasteiger partial charge in [0.25, 0.3) is 0 Å². The van der Waals surface area contributed by atoms with E-state index in [-0.39, 0.29) is 11.3 Å². The molecule has 1 aromatic carbocycles. The number of hydrogen-bond donors (Lipinski definition) is 0. The average molecular weight is 235 g/mol. The van der Waals surface area contributed by atoms with Crippen LogP contribution in [0.25, 0.3) is 0 Å². The van der Waals surface area contributed by atoms with Crippen LogP contribution >= 0.6 is 0 Å². The van der Waals surface area contributed by atoms with E-state index in [1.54, 1.807) is 0 Å². The van der Waals surface area contributed by atoms with Crippen LogP contribution < -0.4 is 4.74 Å². The first-order valence-corrected chi connectivity index (χ1v) is 3.97. The number of alkyl halides is 3. The van der Waals surface area contributed by atoms with Crippen LogP contribution in [0.15, 0.2) is 17.1 Å². The van der Waals surface area contributed by atoms with Gasteiger partial charge in [0.05, 0.1) is 5.69 Å². The molecule has 3 nitrogen and oxygen atoms in total. The van der Waals surface area contributed by atoms with E-state index >= 15 is 0 Å². The second kappa shape index (κ2) is 4.32. The van der Waals surface area contributed by atoms with Gasteiger partial charge in [-0.15, -0.1) is 13.2 Å². The largest absolute Gasteiger partial charge is 0.573 e. The molecule has 0 saturated carbocycles. The fraction of sp³-hybridized carbons (Fsp3) is 0.222. The molecule has 0 amide bonds. The summed E-state index contributed by atoms with van der Waals surface area (Å²) in [5.74, 6) is -2.22. The lowest BCUT2D eigenvalue weighted by molar-refractivity contribution is -0.275. The first-order chi connectivity index (χ1) is 7.33. The molecule has 7 heteroatoms. The second-order valence-corrected chi connectivity index (χ2v) is 2.82. The summed E-state index contributed by atoms with van der Waals surface area (Å²) in [6.07, 6.45) is -3.80. The van der Waals surface area contributed by atoms with Gasteiger partial charge in [-0.05, 0) is 18.6 Å². The van der Waals surface area contributed by atoms with Crippen molar-refractivity contribution in [2.45, 2.75) is 13.3 Å². The lowest BCUT2D eigenvalue weighted by Crippen LogP contribution is -2.18. The number of aliphatic imine (C=N–C) groups is 1. The lowest BCUT2D eigenvalue weighted by atomic mass is 10.2. The Morgan fingerprint density at radius 2 is 2.00 bits per heavy atom. The molecular weight excluding hydrogens is 230 g/mol. The molecule has 0 aromatic heterocycles. The number of aryl methyl sites for hydroxylation is 1. The van der Waals surface area contributed by atoms with Gasteiger partial charge in [-0.2, -0.15) is 4.99 Å². The average Bonchev–Trinajstić information content (AvgIpc) is 2.11. The summed E-state index contributed by atoms with van der Waals surface area (Å²) in [5.41, 5.74) is 0.0750. The molecule has 0 heterocycles. The van der Waals surface area contributed by atoms with Crippen molar-refractivity contribution in [3.05, 3.63) is 23.5 Å². The summed E-state index contributed by atoms with van der Waals surface area (Å²) >= 11 is 0. The predicted octanol–water partition coefficient (Wildman–Crippen LogP) is 3.00. The zero-order chi connectivity index (χ0) is 12.3. The summed E-state index contributed by atoms with van der Waals surface area (Å²) in [6, 6.07) is 1.47.